The monoisotopic (exact) mass is 393 g/mol. The Bertz CT molecular complexity index is 962. The highest BCUT2D eigenvalue weighted by Gasteiger charge is 2.06. The highest BCUT2D eigenvalue weighted by atomic mass is 16.3. The zero-order valence-electron chi connectivity index (χ0n) is 16.7. The Balaban J connectivity index is 1.46. The number of hydrogen-bond donors (Lipinski definition) is 2. The first-order valence-electron chi connectivity index (χ1n) is 9.93. The van der Waals surface area contributed by atoms with Crippen LogP contribution in [-0.2, 0) is 13.1 Å². The van der Waals surface area contributed by atoms with E-state index in [-0.39, 0.29) is 5.56 Å². The lowest BCUT2D eigenvalue weighted by Gasteiger charge is -2.11. The second kappa shape index (κ2) is 10.8. The summed E-state index contributed by atoms with van der Waals surface area (Å²) in [6.45, 7) is 4.74. The first-order chi connectivity index (χ1) is 14.3. The van der Waals surface area contributed by atoms with E-state index in [2.05, 4.69) is 20.6 Å². The van der Waals surface area contributed by atoms with E-state index >= 15 is 0 Å². The lowest BCUT2D eigenvalue weighted by Crippen LogP contribution is -2.37. The van der Waals surface area contributed by atoms with Crippen LogP contribution >= 0.6 is 0 Å². The standard InChI is InChI=1S/C22H27N5O2/c1-2-23-22(24-13-7-9-15-27-14-8-6-12-20(27)28)25-16-19-17-29-21(26-19)18-10-4-3-5-11-18/h3-6,8,10-12,14,17H,2,7,9,13,15-16H2,1H3,(H2,23,24,25). The van der Waals surface area contributed by atoms with Gasteiger partial charge in [-0.05, 0) is 38.0 Å². The van der Waals surface area contributed by atoms with Crippen LogP contribution in [0.25, 0.3) is 11.5 Å². The number of nitrogens with one attached hydrogen (secondary N) is 2. The summed E-state index contributed by atoms with van der Waals surface area (Å²) >= 11 is 0. The third-order valence-corrected chi connectivity index (χ3v) is 4.33. The number of unbranched alkanes of at least 4 members (excludes halogenated alkanes) is 1. The summed E-state index contributed by atoms with van der Waals surface area (Å²) in [4.78, 5) is 20.8. The molecule has 0 bridgehead atoms. The first kappa shape index (κ1) is 20.4. The minimum absolute atomic E-state index is 0.0397. The fraction of sp³-hybridized carbons (Fsp3) is 0.318. The molecular weight excluding hydrogens is 366 g/mol. The Morgan fingerprint density at radius 3 is 2.72 bits per heavy atom. The molecule has 0 aliphatic carbocycles. The van der Waals surface area contributed by atoms with Gasteiger partial charge in [0.25, 0.3) is 0 Å². The number of benzene rings is 1. The van der Waals surface area contributed by atoms with Gasteiger partial charge in [-0.3, -0.25) is 4.79 Å². The lowest BCUT2D eigenvalue weighted by atomic mass is 10.2. The number of guanidine groups is 1. The second-order valence-electron chi connectivity index (χ2n) is 6.57. The van der Waals surface area contributed by atoms with Gasteiger partial charge < -0.3 is 19.6 Å². The predicted octanol–water partition coefficient (Wildman–Crippen LogP) is 3.04. The van der Waals surface area contributed by atoms with Gasteiger partial charge in [0.2, 0.25) is 11.4 Å². The quantitative estimate of drug-likeness (QED) is 0.332. The van der Waals surface area contributed by atoms with Gasteiger partial charge in [-0.1, -0.05) is 24.3 Å². The number of hydrogen-bond acceptors (Lipinski definition) is 4. The van der Waals surface area contributed by atoms with Crippen molar-refractivity contribution in [1.82, 2.24) is 20.2 Å². The molecule has 0 radical (unpaired) electrons. The number of aryl methyl sites for hydroxylation is 1. The van der Waals surface area contributed by atoms with Crippen molar-refractivity contribution in [3.8, 4) is 11.5 Å². The number of rotatable bonds is 9. The van der Waals surface area contributed by atoms with Gasteiger partial charge >= 0.3 is 0 Å². The third-order valence-electron chi connectivity index (χ3n) is 4.33. The van der Waals surface area contributed by atoms with E-state index in [4.69, 9.17) is 4.42 Å². The van der Waals surface area contributed by atoms with Crippen LogP contribution in [0.4, 0.5) is 0 Å². The van der Waals surface area contributed by atoms with Crippen molar-refractivity contribution in [1.29, 1.82) is 0 Å². The van der Waals surface area contributed by atoms with Gasteiger partial charge in [-0.25, -0.2) is 9.98 Å². The van der Waals surface area contributed by atoms with Crippen molar-refractivity contribution >= 4 is 5.96 Å². The van der Waals surface area contributed by atoms with Crippen molar-refractivity contribution in [2.75, 3.05) is 13.1 Å². The normalized spacial score (nSPS) is 11.4. The van der Waals surface area contributed by atoms with Crippen LogP contribution in [0.5, 0.6) is 0 Å². The van der Waals surface area contributed by atoms with Crippen LogP contribution in [0, 0.1) is 0 Å². The van der Waals surface area contributed by atoms with Crippen molar-refractivity contribution in [3.05, 3.63) is 77.0 Å². The van der Waals surface area contributed by atoms with Crippen LogP contribution in [0.2, 0.25) is 0 Å². The third kappa shape index (κ3) is 6.34. The molecule has 0 spiro atoms. The van der Waals surface area contributed by atoms with Crippen molar-refractivity contribution in [2.45, 2.75) is 32.9 Å². The number of aromatic nitrogens is 2. The molecule has 152 valence electrons. The number of nitrogens with zero attached hydrogens (tertiary/aromatic N) is 3. The zero-order chi connectivity index (χ0) is 20.3. The molecule has 0 aliphatic heterocycles. The van der Waals surface area contributed by atoms with Gasteiger partial charge in [0.15, 0.2) is 5.96 Å². The minimum atomic E-state index is 0.0397. The number of oxazole rings is 1. The molecule has 0 aliphatic rings. The Morgan fingerprint density at radius 1 is 1.10 bits per heavy atom. The largest absolute Gasteiger partial charge is 0.444 e. The van der Waals surface area contributed by atoms with Crippen LogP contribution in [0.15, 0.2) is 75.2 Å². The Kier molecular flexibility index (Phi) is 7.63. The molecule has 3 rings (SSSR count). The molecule has 7 nitrogen and oxygen atoms in total. The summed E-state index contributed by atoms with van der Waals surface area (Å²) in [6.07, 6.45) is 5.32. The summed E-state index contributed by atoms with van der Waals surface area (Å²) in [5, 5.41) is 6.56. The van der Waals surface area contributed by atoms with Crippen LogP contribution < -0.4 is 16.2 Å². The number of pyridine rings is 1. The van der Waals surface area contributed by atoms with Crippen molar-refractivity contribution in [2.24, 2.45) is 4.99 Å². The molecule has 2 aromatic heterocycles. The molecule has 0 unspecified atom stereocenters. The van der Waals surface area contributed by atoms with Gasteiger partial charge in [-0.2, -0.15) is 0 Å². The summed E-state index contributed by atoms with van der Waals surface area (Å²) < 4.78 is 7.29. The highest BCUT2D eigenvalue weighted by molar-refractivity contribution is 5.79. The Morgan fingerprint density at radius 2 is 1.93 bits per heavy atom. The Labute approximate surface area is 170 Å². The van der Waals surface area contributed by atoms with Crippen molar-refractivity contribution < 1.29 is 4.42 Å². The molecule has 29 heavy (non-hydrogen) atoms. The topological polar surface area (TPSA) is 84.4 Å². The fourth-order valence-corrected chi connectivity index (χ4v) is 2.85. The lowest BCUT2D eigenvalue weighted by molar-refractivity contribution is 0.572. The second-order valence-corrected chi connectivity index (χ2v) is 6.57. The molecule has 7 heteroatoms. The zero-order valence-corrected chi connectivity index (χ0v) is 16.7. The molecule has 2 heterocycles. The van der Waals surface area contributed by atoms with Crippen LogP contribution in [0.3, 0.4) is 0 Å². The molecule has 0 amide bonds. The summed E-state index contributed by atoms with van der Waals surface area (Å²) in [6, 6.07) is 15.0. The van der Waals surface area contributed by atoms with Crippen molar-refractivity contribution in [3.63, 3.8) is 0 Å². The van der Waals surface area contributed by atoms with E-state index < -0.39 is 0 Å². The van der Waals surface area contributed by atoms with Gasteiger partial charge in [-0.15, -0.1) is 0 Å². The summed E-state index contributed by atoms with van der Waals surface area (Å²) in [5.41, 5.74) is 1.77. The van der Waals surface area contributed by atoms with E-state index in [0.29, 0.717) is 12.4 Å². The van der Waals surface area contributed by atoms with E-state index in [1.54, 1.807) is 23.0 Å². The smallest absolute Gasteiger partial charge is 0.250 e. The molecule has 2 N–H and O–H groups in total. The molecular formula is C22H27N5O2. The molecule has 0 saturated carbocycles. The first-order valence-corrected chi connectivity index (χ1v) is 9.93. The van der Waals surface area contributed by atoms with Gasteiger partial charge in [0.05, 0.1) is 6.54 Å². The fourth-order valence-electron chi connectivity index (χ4n) is 2.85. The van der Waals surface area contributed by atoms with E-state index in [0.717, 1.165) is 49.7 Å². The predicted molar refractivity (Wildman–Crippen MR) is 115 cm³/mol. The van der Waals surface area contributed by atoms with Crippen LogP contribution in [0.1, 0.15) is 25.5 Å². The summed E-state index contributed by atoms with van der Waals surface area (Å²) in [7, 11) is 0. The minimum Gasteiger partial charge on any atom is -0.444 e. The SMILES string of the molecule is CCNC(=NCc1coc(-c2ccccc2)n1)NCCCCn1ccccc1=O. The molecule has 0 saturated heterocycles. The maximum absolute atomic E-state index is 11.7. The van der Waals surface area contributed by atoms with Gasteiger partial charge in [0, 0.05) is 37.5 Å². The molecule has 0 atom stereocenters. The van der Waals surface area contributed by atoms with E-state index in [1.807, 2.05) is 49.5 Å². The summed E-state index contributed by atoms with van der Waals surface area (Å²) in [5.74, 6) is 1.35. The number of aliphatic imine (C=N–C) groups is 1. The van der Waals surface area contributed by atoms with E-state index in [1.165, 1.54) is 0 Å². The van der Waals surface area contributed by atoms with Crippen LogP contribution in [-0.4, -0.2) is 28.6 Å². The highest BCUT2D eigenvalue weighted by Crippen LogP contribution is 2.18. The average Bonchev–Trinajstić information content (AvgIpc) is 3.23. The van der Waals surface area contributed by atoms with Gasteiger partial charge in [0.1, 0.15) is 12.0 Å². The van der Waals surface area contributed by atoms with E-state index in [9.17, 15) is 4.79 Å². The maximum atomic E-state index is 11.7. The maximum Gasteiger partial charge on any atom is 0.250 e. The Hall–Kier alpha value is -3.35. The molecule has 0 fully saturated rings. The molecule has 3 aromatic rings. The average molecular weight is 393 g/mol. The molecule has 1 aromatic carbocycles.